The van der Waals surface area contributed by atoms with Crippen molar-refractivity contribution in [2.75, 3.05) is 14.2 Å². The number of aromatic nitrogens is 3. The summed E-state index contributed by atoms with van der Waals surface area (Å²) in [4.78, 5) is 3.96. The van der Waals surface area contributed by atoms with E-state index >= 15 is 0 Å². The van der Waals surface area contributed by atoms with Crippen LogP contribution in [0.1, 0.15) is 11.7 Å². The first kappa shape index (κ1) is 25.4. The molecule has 1 atom stereocenters. The molecule has 2 aromatic rings. The predicted octanol–water partition coefficient (Wildman–Crippen LogP) is 3.38. The maximum absolute atomic E-state index is 11.0. The molecule has 1 N–H and O–H groups in total. The molecular formula is C24H25FeN3O3+2. The molecule has 2 aliphatic carbocycles. The molecule has 1 aromatic carbocycles. The summed E-state index contributed by atoms with van der Waals surface area (Å²) in [6.07, 6.45) is 22.0. The van der Waals surface area contributed by atoms with E-state index in [1.165, 1.54) is 6.33 Å². The Morgan fingerprint density at radius 3 is 2.26 bits per heavy atom. The second kappa shape index (κ2) is 13.6. The molecule has 6 nitrogen and oxygen atoms in total. The number of aliphatic hydroxyl groups excluding tert-OH is 1. The van der Waals surface area contributed by atoms with Crippen LogP contribution in [0.2, 0.25) is 0 Å². The van der Waals surface area contributed by atoms with Crippen LogP contribution in [0.3, 0.4) is 0 Å². The molecule has 160 valence electrons. The Hall–Kier alpha value is -1.82. The number of allylic oxidation sites excluding steroid dienone is 1. The van der Waals surface area contributed by atoms with E-state index in [0.29, 0.717) is 23.6 Å². The van der Waals surface area contributed by atoms with Crippen molar-refractivity contribution in [2.24, 2.45) is 0 Å². The largest absolute Gasteiger partial charge is 2.00 e. The van der Waals surface area contributed by atoms with E-state index in [-0.39, 0.29) is 17.1 Å². The summed E-state index contributed by atoms with van der Waals surface area (Å²) in [7, 11) is 3.17. The van der Waals surface area contributed by atoms with Gasteiger partial charge in [-0.15, -0.1) is 0 Å². The number of aliphatic hydroxyl groups is 1. The standard InChI is InChI=1S/C19H20N3O3.C5H5.Fe/c1-24-16-7-8-18(25-2)17(10-16)19(23)15(9-14-5-3-4-6-14)11-22-13-20-12-21-22;1-2-4-5-3-1;/h3-10,12-13,19,23H,11H2,1-2H3;1-5H;/q;;+2/b15-9+;;. The summed E-state index contributed by atoms with van der Waals surface area (Å²) >= 11 is 0. The summed E-state index contributed by atoms with van der Waals surface area (Å²) in [6, 6.07) is 5.36. The van der Waals surface area contributed by atoms with E-state index in [9.17, 15) is 5.11 Å². The Bertz CT molecular complexity index is 778. The summed E-state index contributed by atoms with van der Waals surface area (Å²) in [5.41, 5.74) is 1.41. The zero-order valence-electron chi connectivity index (χ0n) is 17.4. The molecule has 7 heteroatoms. The van der Waals surface area contributed by atoms with Gasteiger partial charge in [-0.3, -0.25) is 0 Å². The molecule has 1 unspecified atom stereocenters. The van der Waals surface area contributed by atoms with Gasteiger partial charge in [0.15, 0.2) is 0 Å². The van der Waals surface area contributed by atoms with Gasteiger partial charge in [0.25, 0.3) is 0 Å². The van der Waals surface area contributed by atoms with Gasteiger partial charge >= 0.3 is 17.1 Å². The molecule has 2 aliphatic rings. The van der Waals surface area contributed by atoms with E-state index in [1.54, 1.807) is 43.4 Å². The van der Waals surface area contributed by atoms with Crippen LogP contribution in [0.25, 0.3) is 0 Å². The Balaban J connectivity index is 0.000000501. The zero-order valence-corrected chi connectivity index (χ0v) is 18.5. The molecule has 10 radical (unpaired) electrons. The normalized spacial score (nSPS) is 17.5. The van der Waals surface area contributed by atoms with Gasteiger partial charge in [-0.25, -0.2) is 9.67 Å². The van der Waals surface area contributed by atoms with Crippen LogP contribution >= 0.6 is 0 Å². The van der Waals surface area contributed by atoms with Crippen LogP contribution in [0, 0.1) is 63.7 Å². The van der Waals surface area contributed by atoms with Gasteiger partial charge in [-0.1, -0.05) is 6.08 Å². The van der Waals surface area contributed by atoms with Gasteiger partial charge in [-0.2, -0.15) is 5.10 Å². The quantitative estimate of drug-likeness (QED) is 0.644. The molecular weight excluding hydrogens is 434 g/mol. The number of rotatable bonds is 7. The molecule has 0 spiro atoms. The predicted molar refractivity (Wildman–Crippen MR) is 115 cm³/mol. The Kier molecular flexibility index (Phi) is 11.1. The van der Waals surface area contributed by atoms with Crippen molar-refractivity contribution < 1.29 is 31.6 Å². The van der Waals surface area contributed by atoms with Gasteiger partial charge in [-0.05, 0) is 81.6 Å². The molecule has 0 bridgehead atoms. The minimum Gasteiger partial charge on any atom is -0.497 e. The van der Waals surface area contributed by atoms with Crippen molar-refractivity contribution >= 4 is 0 Å². The number of benzene rings is 1. The van der Waals surface area contributed by atoms with Gasteiger partial charge in [0.05, 0.1) is 20.8 Å². The number of ether oxygens (including phenoxy) is 2. The molecule has 1 aromatic heterocycles. The number of nitrogens with zero attached hydrogens (tertiary/aromatic N) is 3. The number of methoxy groups -OCH3 is 2. The van der Waals surface area contributed by atoms with Gasteiger partial charge in [0, 0.05) is 11.5 Å². The van der Waals surface area contributed by atoms with Crippen molar-refractivity contribution in [2.45, 2.75) is 12.6 Å². The second-order valence-electron chi connectivity index (χ2n) is 6.50. The van der Waals surface area contributed by atoms with Crippen LogP contribution in [0.4, 0.5) is 0 Å². The SMILES string of the molecule is COc1ccc(OC)c(C(O)/C(=C/[C]2[CH][CH][CH][CH]2)Cn2cncn2)c1.[CH]1[CH][CH][CH][CH]1.[Fe+2]. The second-order valence-corrected chi connectivity index (χ2v) is 6.50. The minimum atomic E-state index is -0.871. The molecule has 0 amide bonds. The topological polar surface area (TPSA) is 69.4 Å². The maximum Gasteiger partial charge on any atom is 2.00 e. The zero-order chi connectivity index (χ0) is 21.2. The van der Waals surface area contributed by atoms with E-state index in [4.69, 9.17) is 9.47 Å². The van der Waals surface area contributed by atoms with Crippen molar-refractivity contribution in [3.8, 4) is 11.5 Å². The van der Waals surface area contributed by atoms with E-state index < -0.39 is 6.10 Å². The van der Waals surface area contributed by atoms with Crippen LogP contribution in [-0.2, 0) is 23.6 Å². The van der Waals surface area contributed by atoms with E-state index in [0.717, 1.165) is 11.5 Å². The van der Waals surface area contributed by atoms with Crippen molar-refractivity contribution in [3.05, 3.63) is 112 Å². The Morgan fingerprint density at radius 2 is 1.71 bits per heavy atom. The molecule has 0 aliphatic heterocycles. The fourth-order valence-corrected chi connectivity index (χ4v) is 2.99. The molecule has 0 saturated heterocycles. The average molecular weight is 459 g/mol. The third-order valence-electron chi connectivity index (χ3n) is 4.49. The Morgan fingerprint density at radius 1 is 1.03 bits per heavy atom. The van der Waals surface area contributed by atoms with Crippen molar-refractivity contribution in [3.63, 3.8) is 0 Å². The molecule has 31 heavy (non-hydrogen) atoms. The van der Waals surface area contributed by atoms with Crippen LogP contribution in [-0.4, -0.2) is 34.1 Å². The number of hydrogen-bond acceptors (Lipinski definition) is 5. The van der Waals surface area contributed by atoms with Crippen LogP contribution < -0.4 is 9.47 Å². The first-order valence-electron chi connectivity index (χ1n) is 9.52. The fraction of sp³-hybridized carbons (Fsp3) is 0.167. The smallest absolute Gasteiger partial charge is 0.497 e. The third kappa shape index (κ3) is 7.67. The number of hydrogen-bond donors (Lipinski definition) is 1. The summed E-state index contributed by atoms with van der Waals surface area (Å²) in [6.45, 7) is 0.409. The molecule has 1 heterocycles. The summed E-state index contributed by atoms with van der Waals surface area (Å²) < 4.78 is 12.4. The van der Waals surface area contributed by atoms with E-state index in [1.807, 2.05) is 63.9 Å². The summed E-state index contributed by atoms with van der Waals surface area (Å²) in [5.74, 6) is 2.26. The van der Waals surface area contributed by atoms with Crippen LogP contribution in [0.15, 0.2) is 42.5 Å². The van der Waals surface area contributed by atoms with Gasteiger partial charge in [0.1, 0.15) is 30.3 Å². The third-order valence-corrected chi connectivity index (χ3v) is 4.49. The first-order valence-corrected chi connectivity index (χ1v) is 9.52. The fourth-order valence-electron chi connectivity index (χ4n) is 2.99. The Labute approximate surface area is 196 Å². The van der Waals surface area contributed by atoms with Crippen LogP contribution in [0.5, 0.6) is 11.5 Å². The molecule has 2 fully saturated rings. The molecule has 4 rings (SSSR count). The first-order chi connectivity index (χ1) is 14.7. The van der Waals surface area contributed by atoms with Crippen molar-refractivity contribution in [1.29, 1.82) is 0 Å². The maximum atomic E-state index is 11.0. The van der Waals surface area contributed by atoms with Gasteiger partial charge in [0.2, 0.25) is 0 Å². The van der Waals surface area contributed by atoms with Crippen molar-refractivity contribution in [1.82, 2.24) is 14.8 Å². The van der Waals surface area contributed by atoms with E-state index in [2.05, 4.69) is 10.1 Å². The summed E-state index contributed by atoms with van der Waals surface area (Å²) in [5, 5.41) is 15.2. The minimum absolute atomic E-state index is 0. The van der Waals surface area contributed by atoms with Gasteiger partial charge < -0.3 is 14.6 Å². The monoisotopic (exact) mass is 459 g/mol. The molecule has 2 saturated carbocycles. The average Bonchev–Trinajstić information content (AvgIpc) is 3.57.